The molecule has 1 aromatic heterocycles. The summed E-state index contributed by atoms with van der Waals surface area (Å²) < 4.78 is 14.0. The number of hydrogen-bond donors (Lipinski definition) is 1. The molecule has 0 saturated carbocycles. The smallest absolute Gasteiger partial charge is 0.227 e. The van der Waals surface area contributed by atoms with Gasteiger partial charge in [-0.3, -0.25) is 9.79 Å². The number of nitrogens with zero attached hydrogens (tertiary/aromatic N) is 4. The molecular formula is C19H23N5O2S2. The van der Waals surface area contributed by atoms with Crippen LogP contribution in [0.15, 0.2) is 35.8 Å². The number of aliphatic imine (C=N–C) groups is 1. The first-order valence-electron chi connectivity index (χ1n) is 8.82. The Kier molecular flexibility index (Phi) is 6.58. The maximum atomic E-state index is 12.6. The quantitative estimate of drug-likeness (QED) is 0.703. The van der Waals surface area contributed by atoms with Crippen molar-refractivity contribution < 1.29 is 9.00 Å². The molecule has 2 heterocycles. The first-order chi connectivity index (χ1) is 13.5. The molecule has 1 amide bonds. The summed E-state index contributed by atoms with van der Waals surface area (Å²) in [6.45, 7) is 10.1. The van der Waals surface area contributed by atoms with E-state index in [1.807, 2.05) is 29.2 Å². The number of carbonyl (C=O) groups excluding carboxylic acids is 1. The van der Waals surface area contributed by atoms with Crippen molar-refractivity contribution in [2.24, 2.45) is 4.99 Å². The zero-order valence-electron chi connectivity index (χ0n) is 15.8. The van der Waals surface area contributed by atoms with Crippen LogP contribution in [0.2, 0.25) is 0 Å². The van der Waals surface area contributed by atoms with Gasteiger partial charge in [0.1, 0.15) is 21.7 Å². The van der Waals surface area contributed by atoms with Crippen molar-refractivity contribution in [2.75, 3.05) is 42.1 Å². The second-order valence-electron chi connectivity index (χ2n) is 6.35. The molecule has 28 heavy (non-hydrogen) atoms. The van der Waals surface area contributed by atoms with E-state index in [1.165, 1.54) is 11.3 Å². The van der Waals surface area contributed by atoms with Gasteiger partial charge in [0.2, 0.25) is 5.91 Å². The van der Waals surface area contributed by atoms with Gasteiger partial charge in [-0.25, -0.2) is 9.19 Å². The van der Waals surface area contributed by atoms with E-state index in [0.29, 0.717) is 19.5 Å². The number of nitrogens with one attached hydrogen (secondary N) is 1. The van der Waals surface area contributed by atoms with Gasteiger partial charge >= 0.3 is 0 Å². The maximum Gasteiger partial charge on any atom is 0.227 e. The largest absolute Gasteiger partial charge is 0.344 e. The molecule has 3 rings (SSSR count). The van der Waals surface area contributed by atoms with E-state index >= 15 is 0 Å². The highest BCUT2D eigenvalue weighted by Crippen LogP contribution is 2.34. The van der Waals surface area contributed by atoms with E-state index < -0.39 is 11.0 Å². The van der Waals surface area contributed by atoms with Crippen LogP contribution < -0.4 is 9.62 Å². The minimum absolute atomic E-state index is 0.110. The second-order valence-corrected chi connectivity index (χ2v) is 8.42. The third-order valence-electron chi connectivity index (χ3n) is 4.43. The summed E-state index contributed by atoms with van der Waals surface area (Å²) in [7, 11) is -1.11. The zero-order chi connectivity index (χ0) is 20.1. The Bertz CT molecular complexity index is 861. The van der Waals surface area contributed by atoms with Gasteiger partial charge in [0.25, 0.3) is 0 Å². The first kappa shape index (κ1) is 20.2. The summed E-state index contributed by atoms with van der Waals surface area (Å²) in [4.78, 5) is 25.2. The average Bonchev–Trinajstić information content (AvgIpc) is 3.12. The number of piperazine rings is 1. The number of rotatable bonds is 7. The summed E-state index contributed by atoms with van der Waals surface area (Å²) in [6, 6.07) is 7.46. The van der Waals surface area contributed by atoms with Gasteiger partial charge < -0.3 is 14.5 Å². The molecule has 2 aromatic rings. The highest BCUT2D eigenvalue weighted by atomic mass is 32.2. The van der Waals surface area contributed by atoms with Gasteiger partial charge in [-0.1, -0.05) is 30.0 Å². The van der Waals surface area contributed by atoms with Gasteiger partial charge in [-0.05, 0) is 30.5 Å². The molecule has 0 spiro atoms. The summed E-state index contributed by atoms with van der Waals surface area (Å²) in [5, 5.41) is 1.66. The Balaban J connectivity index is 1.55. The summed E-state index contributed by atoms with van der Waals surface area (Å²) in [6.07, 6.45) is 3.62. The molecule has 148 valence electrons. The molecule has 1 aromatic carbocycles. The van der Waals surface area contributed by atoms with E-state index in [1.54, 1.807) is 12.3 Å². The van der Waals surface area contributed by atoms with Crippen molar-refractivity contribution in [1.82, 2.24) is 9.88 Å². The lowest BCUT2D eigenvalue weighted by Gasteiger charge is -2.34. The molecule has 7 nitrogen and oxygen atoms in total. The molecule has 9 heteroatoms. The van der Waals surface area contributed by atoms with Crippen molar-refractivity contribution in [3.8, 4) is 0 Å². The van der Waals surface area contributed by atoms with E-state index in [9.17, 15) is 9.00 Å². The molecule has 0 aliphatic carbocycles. The van der Waals surface area contributed by atoms with E-state index in [-0.39, 0.29) is 5.91 Å². The van der Waals surface area contributed by atoms with E-state index in [0.717, 1.165) is 40.2 Å². The number of carbonyl (C=O) groups is 1. The lowest BCUT2D eigenvalue weighted by molar-refractivity contribution is -0.130. The highest BCUT2D eigenvalue weighted by Gasteiger charge is 2.23. The lowest BCUT2D eigenvalue weighted by Crippen LogP contribution is -2.49. The Morgan fingerprint density at radius 3 is 2.54 bits per heavy atom. The fraction of sp³-hybridized carbons (Fsp3) is 0.316. The topological polar surface area (TPSA) is 77.9 Å². The standard InChI is InChI=1S/C19H23N5O2S2/c1-4-16-18(20-2)27-19(21-16)24-11-9-23(10-12-24)17(25)13-14-5-7-15(8-6-14)22-28(3)26/h4-8,22H,1-2,9-13H2,3H3. The Morgan fingerprint density at radius 1 is 1.32 bits per heavy atom. The van der Waals surface area contributed by atoms with Gasteiger partial charge in [0, 0.05) is 38.1 Å². The predicted octanol–water partition coefficient (Wildman–Crippen LogP) is 2.71. The van der Waals surface area contributed by atoms with Crippen molar-refractivity contribution in [2.45, 2.75) is 6.42 Å². The fourth-order valence-corrected chi connectivity index (χ4v) is 4.38. The Morgan fingerprint density at radius 2 is 2.00 bits per heavy atom. The molecule has 1 atom stereocenters. The molecule has 1 fully saturated rings. The van der Waals surface area contributed by atoms with Gasteiger partial charge in [-0.2, -0.15) is 0 Å². The van der Waals surface area contributed by atoms with Gasteiger partial charge in [0.05, 0.1) is 6.42 Å². The number of thiazole rings is 1. The summed E-state index contributed by atoms with van der Waals surface area (Å²) >= 11 is 1.49. The molecule has 1 unspecified atom stereocenters. The van der Waals surface area contributed by atoms with Crippen LogP contribution in [0.4, 0.5) is 15.8 Å². The van der Waals surface area contributed by atoms with Crippen LogP contribution >= 0.6 is 11.3 Å². The monoisotopic (exact) mass is 417 g/mol. The average molecular weight is 418 g/mol. The van der Waals surface area contributed by atoms with Crippen LogP contribution in [-0.4, -0.2) is 59.2 Å². The first-order valence-corrected chi connectivity index (χ1v) is 11.2. The van der Waals surface area contributed by atoms with Crippen LogP contribution in [0.5, 0.6) is 0 Å². The zero-order valence-corrected chi connectivity index (χ0v) is 17.4. The van der Waals surface area contributed by atoms with Gasteiger partial charge in [0.15, 0.2) is 5.13 Å². The second kappa shape index (κ2) is 9.11. The molecule has 1 aliphatic rings. The third-order valence-corrected chi connectivity index (χ3v) is 6.02. The Hall–Kier alpha value is -2.52. The van der Waals surface area contributed by atoms with Crippen LogP contribution in [0, 0.1) is 0 Å². The normalized spacial score (nSPS) is 15.2. The van der Waals surface area contributed by atoms with Crippen LogP contribution in [0.25, 0.3) is 6.08 Å². The van der Waals surface area contributed by atoms with E-state index in [2.05, 4.69) is 32.9 Å². The Labute approximate surface area is 171 Å². The minimum Gasteiger partial charge on any atom is -0.344 e. The molecule has 1 aliphatic heterocycles. The molecular weight excluding hydrogens is 394 g/mol. The fourth-order valence-electron chi connectivity index (χ4n) is 2.98. The highest BCUT2D eigenvalue weighted by molar-refractivity contribution is 7.85. The minimum atomic E-state index is -1.11. The van der Waals surface area contributed by atoms with Crippen LogP contribution in [-0.2, 0) is 22.2 Å². The van der Waals surface area contributed by atoms with E-state index in [4.69, 9.17) is 0 Å². The SMILES string of the molecule is C=Cc1nc(N2CCN(C(=O)Cc3ccc(NS(C)=O)cc3)CC2)sc1N=C. The van der Waals surface area contributed by atoms with Crippen LogP contribution in [0.1, 0.15) is 11.3 Å². The summed E-state index contributed by atoms with van der Waals surface area (Å²) in [5.74, 6) is 0.110. The van der Waals surface area contributed by atoms with Crippen molar-refractivity contribution in [1.29, 1.82) is 0 Å². The molecule has 1 N–H and O–H groups in total. The predicted molar refractivity (Wildman–Crippen MR) is 118 cm³/mol. The number of hydrogen-bond acceptors (Lipinski definition) is 6. The van der Waals surface area contributed by atoms with Crippen molar-refractivity contribution >= 4 is 56.8 Å². The molecule has 0 bridgehead atoms. The number of amides is 1. The number of benzene rings is 1. The third kappa shape index (κ3) is 4.85. The maximum absolute atomic E-state index is 12.6. The van der Waals surface area contributed by atoms with Crippen molar-refractivity contribution in [3.05, 3.63) is 42.1 Å². The number of anilines is 2. The lowest BCUT2D eigenvalue weighted by atomic mass is 10.1. The summed E-state index contributed by atoms with van der Waals surface area (Å²) in [5.41, 5.74) is 2.47. The molecule has 1 saturated heterocycles. The molecule has 0 radical (unpaired) electrons. The van der Waals surface area contributed by atoms with Gasteiger partial charge in [-0.15, -0.1) is 0 Å². The number of aromatic nitrogens is 1. The van der Waals surface area contributed by atoms with Crippen LogP contribution in [0.3, 0.4) is 0 Å². The van der Waals surface area contributed by atoms with Crippen molar-refractivity contribution in [3.63, 3.8) is 0 Å².